The van der Waals surface area contributed by atoms with Crippen molar-refractivity contribution in [2.75, 3.05) is 0 Å². The lowest BCUT2D eigenvalue weighted by atomic mass is 10.1. The van der Waals surface area contributed by atoms with E-state index in [-0.39, 0.29) is 11.6 Å². The van der Waals surface area contributed by atoms with Crippen LogP contribution in [0.15, 0.2) is 6.07 Å². The second kappa shape index (κ2) is 3.84. The molecule has 0 aliphatic heterocycles. The second-order valence-electron chi connectivity index (χ2n) is 4.44. The van der Waals surface area contributed by atoms with Gasteiger partial charge in [0.1, 0.15) is 0 Å². The molecule has 0 spiro atoms. The van der Waals surface area contributed by atoms with E-state index in [0.29, 0.717) is 22.4 Å². The van der Waals surface area contributed by atoms with Crippen LogP contribution < -0.4 is 0 Å². The van der Waals surface area contributed by atoms with Gasteiger partial charge in [0.15, 0.2) is 5.65 Å². The fraction of sp³-hybridized carbons (Fsp3) is 0.417. The van der Waals surface area contributed by atoms with Crippen LogP contribution in [-0.2, 0) is 0 Å². The molecule has 17 heavy (non-hydrogen) atoms. The van der Waals surface area contributed by atoms with E-state index in [0.717, 1.165) is 0 Å². The highest BCUT2D eigenvalue weighted by Gasteiger charge is 2.18. The molecule has 0 bridgehead atoms. The van der Waals surface area contributed by atoms with Gasteiger partial charge in [0.05, 0.1) is 16.6 Å². The molecule has 0 aliphatic carbocycles. The fourth-order valence-corrected chi connectivity index (χ4v) is 1.97. The monoisotopic (exact) mass is 233 g/mol. The Balaban J connectivity index is 2.90. The van der Waals surface area contributed by atoms with Crippen LogP contribution in [0.25, 0.3) is 11.0 Å². The quantitative estimate of drug-likeness (QED) is 0.864. The number of carboxylic acids is 1. The maximum Gasteiger partial charge on any atom is 0.336 e. The Bertz CT molecular complexity index is 599. The molecule has 2 heterocycles. The van der Waals surface area contributed by atoms with Gasteiger partial charge in [-0.25, -0.2) is 14.5 Å². The van der Waals surface area contributed by atoms with Crippen LogP contribution in [0.2, 0.25) is 0 Å². The zero-order chi connectivity index (χ0) is 12.7. The predicted molar refractivity (Wildman–Crippen MR) is 64.3 cm³/mol. The Morgan fingerprint density at radius 2 is 2.06 bits per heavy atom. The van der Waals surface area contributed by atoms with Crippen molar-refractivity contribution in [1.29, 1.82) is 0 Å². The van der Waals surface area contributed by atoms with Gasteiger partial charge in [-0.15, -0.1) is 0 Å². The Morgan fingerprint density at radius 1 is 1.41 bits per heavy atom. The summed E-state index contributed by atoms with van der Waals surface area (Å²) in [6.07, 6.45) is 0. The first kappa shape index (κ1) is 11.6. The minimum atomic E-state index is -0.938. The third kappa shape index (κ3) is 1.77. The van der Waals surface area contributed by atoms with Crippen molar-refractivity contribution in [3.8, 4) is 0 Å². The summed E-state index contributed by atoms with van der Waals surface area (Å²) >= 11 is 0. The van der Waals surface area contributed by atoms with E-state index < -0.39 is 5.97 Å². The number of aromatic nitrogens is 3. The van der Waals surface area contributed by atoms with Crippen LogP contribution in [0.4, 0.5) is 0 Å². The van der Waals surface area contributed by atoms with E-state index >= 15 is 0 Å². The number of aromatic carboxylic acids is 1. The molecule has 90 valence electrons. The molecule has 1 N–H and O–H groups in total. The lowest BCUT2D eigenvalue weighted by Gasteiger charge is -2.07. The standard InChI is InChI=1S/C12H15N3O2/c1-6(2)15-11-10(8(4)14-15)9(12(16)17)5-7(3)13-11/h5-6H,1-4H3,(H,16,17). The molecule has 2 aromatic heterocycles. The van der Waals surface area contributed by atoms with Gasteiger partial charge >= 0.3 is 5.97 Å². The Kier molecular flexibility index (Phi) is 2.61. The molecular weight excluding hydrogens is 218 g/mol. The van der Waals surface area contributed by atoms with Gasteiger partial charge in [0.2, 0.25) is 0 Å². The molecule has 0 fully saturated rings. The number of hydrogen-bond donors (Lipinski definition) is 1. The van der Waals surface area contributed by atoms with Crippen molar-refractivity contribution < 1.29 is 9.90 Å². The average Bonchev–Trinajstić information content (AvgIpc) is 2.54. The topological polar surface area (TPSA) is 68.0 Å². The molecule has 5 nitrogen and oxygen atoms in total. The van der Waals surface area contributed by atoms with Gasteiger partial charge in [-0.05, 0) is 33.8 Å². The molecular formula is C12H15N3O2. The first-order valence-electron chi connectivity index (χ1n) is 5.51. The molecule has 0 atom stereocenters. The highest BCUT2D eigenvalue weighted by Crippen LogP contribution is 2.24. The highest BCUT2D eigenvalue weighted by molar-refractivity contribution is 6.02. The number of rotatable bonds is 2. The molecule has 0 radical (unpaired) electrons. The molecule has 0 aromatic carbocycles. The summed E-state index contributed by atoms with van der Waals surface area (Å²) < 4.78 is 1.77. The van der Waals surface area contributed by atoms with Crippen molar-refractivity contribution >= 4 is 17.0 Å². The van der Waals surface area contributed by atoms with Gasteiger partial charge < -0.3 is 5.11 Å². The van der Waals surface area contributed by atoms with Crippen LogP contribution in [-0.4, -0.2) is 25.8 Å². The first-order valence-corrected chi connectivity index (χ1v) is 5.51. The molecule has 2 rings (SSSR count). The molecule has 0 amide bonds. The van der Waals surface area contributed by atoms with Gasteiger partial charge in [-0.3, -0.25) is 0 Å². The van der Waals surface area contributed by atoms with E-state index in [1.807, 2.05) is 20.8 Å². The maximum atomic E-state index is 11.2. The minimum absolute atomic E-state index is 0.155. The van der Waals surface area contributed by atoms with Gasteiger partial charge in [-0.1, -0.05) is 0 Å². The van der Waals surface area contributed by atoms with Crippen LogP contribution in [0, 0.1) is 13.8 Å². The van der Waals surface area contributed by atoms with Gasteiger partial charge in [0.25, 0.3) is 0 Å². The van der Waals surface area contributed by atoms with E-state index in [2.05, 4.69) is 10.1 Å². The van der Waals surface area contributed by atoms with Crippen molar-refractivity contribution in [3.05, 3.63) is 23.0 Å². The summed E-state index contributed by atoms with van der Waals surface area (Å²) in [7, 11) is 0. The Labute approximate surface area is 99.1 Å². The largest absolute Gasteiger partial charge is 0.478 e. The van der Waals surface area contributed by atoms with Crippen molar-refractivity contribution in [2.24, 2.45) is 0 Å². The smallest absolute Gasteiger partial charge is 0.336 e. The van der Waals surface area contributed by atoms with E-state index in [4.69, 9.17) is 0 Å². The van der Waals surface area contributed by atoms with Crippen LogP contribution in [0.3, 0.4) is 0 Å². The summed E-state index contributed by atoms with van der Waals surface area (Å²) in [5, 5.41) is 14.2. The first-order chi connectivity index (χ1) is 7.91. The third-order valence-electron chi connectivity index (χ3n) is 2.68. The predicted octanol–water partition coefficient (Wildman–Crippen LogP) is 2.33. The van der Waals surface area contributed by atoms with Gasteiger partial charge in [-0.2, -0.15) is 5.10 Å². The number of carbonyl (C=O) groups is 1. The minimum Gasteiger partial charge on any atom is -0.478 e. The molecule has 2 aromatic rings. The van der Waals surface area contributed by atoms with Crippen LogP contribution in [0.1, 0.15) is 41.6 Å². The second-order valence-corrected chi connectivity index (χ2v) is 4.44. The zero-order valence-electron chi connectivity index (χ0n) is 10.4. The summed E-state index contributed by atoms with van der Waals surface area (Å²) in [6, 6.07) is 1.74. The fourth-order valence-electron chi connectivity index (χ4n) is 1.97. The summed E-state index contributed by atoms with van der Waals surface area (Å²) in [6.45, 7) is 7.59. The van der Waals surface area contributed by atoms with Crippen LogP contribution in [0.5, 0.6) is 0 Å². The average molecular weight is 233 g/mol. The number of fused-ring (bicyclic) bond motifs is 1. The molecule has 5 heteroatoms. The summed E-state index contributed by atoms with van der Waals surface area (Å²) in [5.41, 5.74) is 2.32. The van der Waals surface area contributed by atoms with Crippen molar-refractivity contribution in [3.63, 3.8) is 0 Å². The molecule has 0 aliphatic rings. The lowest BCUT2D eigenvalue weighted by Crippen LogP contribution is -2.05. The molecule has 0 saturated carbocycles. The van der Waals surface area contributed by atoms with Crippen molar-refractivity contribution in [2.45, 2.75) is 33.7 Å². The zero-order valence-corrected chi connectivity index (χ0v) is 10.4. The lowest BCUT2D eigenvalue weighted by molar-refractivity contribution is 0.0698. The number of pyridine rings is 1. The van der Waals surface area contributed by atoms with Gasteiger partial charge in [0, 0.05) is 11.7 Å². The van der Waals surface area contributed by atoms with Crippen molar-refractivity contribution in [1.82, 2.24) is 14.8 Å². The van der Waals surface area contributed by atoms with E-state index in [1.165, 1.54) is 0 Å². The SMILES string of the molecule is Cc1cc(C(=O)O)c2c(C)nn(C(C)C)c2n1. The normalized spacial score (nSPS) is 11.4. The molecule has 0 saturated heterocycles. The van der Waals surface area contributed by atoms with E-state index in [9.17, 15) is 9.90 Å². The van der Waals surface area contributed by atoms with Crippen LogP contribution >= 0.6 is 0 Å². The van der Waals surface area contributed by atoms with E-state index in [1.54, 1.807) is 17.7 Å². The number of hydrogen-bond acceptors (Lipinski definition) is 3. The highest BCUT2D eigenvalue weighted by atomic mass is 16.4. The molecule has 0 unspecified atom stereocenters. The maximum absolute atomic E-state index is 11.2. The number of nitrogens with zero attached hydrogens (tertiary/aromatic N) is 3. The summed E-state index contributed by atoms with van der Waals surface area (Å²) in [4.78, 5) is 15.6. The third-order valence-corrected chi connectivity index (χ3v) is 2.68. The summed E-state index contributed by atoms with van der Waals surface area (Å²) in [5.74, 6) is -0.938. The Morgan fingerprint density at radius 3 is 2.59 bits per heavy atom. The number of carboxylic acid groups (broad SMARTS) is 1. The Hall–Kier alpha value is -1.91. The number of aryl methyl sites for hydroxylation is 2.